The Morgan fingerprint density at radius 1 is 0.533 bits per heavy atom. The molecule has 0 radical (unpaired) electrons. The molecule has 2 aliphatic rings. The molecule has 0 spiro atoms. The standard InChI is InChI=1S/C33H33.C19H22.C5H5.2ClH.Zr/c1-32(2,3)30-20-26-24(18-28(30)22-13-9-7-10-14-22)17-25-19-29(23-15-11-8-12-16-23)31(21-27(25)26)33(4,5)6;1-14(2)18-9-5-16(6-10-18)13-17-7-11-19(12-8-17)15(3)4;1-2-4-5-3-1;;;/h7-16,18,20-21H,17H2,1-6H3;5-12,14-15H,1-4H3;1-5H;2*1H;/q;;;;;+2/p-2. The Hall–Kier alpha value is -3.87. The fourth-order valence-corrected chi connectivity index (χ4v) is 18.1. The summed E-state index contributed by atoms with van der Waals surface area (Å²) in [5.74, 6) is 0.964. The largest absolute Gasteiger partial charge is 1.00 e. The van der Waals surface area contributed by atoms with Gasteiger partial charge in [-0.25, -0.2) is 0 Å². The third-order valence-electron chi connectivity index (χ3n) is 12.5. The van der Waals surface area contributed by atoms with Crippen molar-refractivity contribution in [2.75, 3.05) is 0 Å². The summed E-state index contributed by atoms with van der Waals surface area (Å²) in [5.41, 5.74) is 19.7. The van der Waals surface area contributed by atoms with Gasteiger partial charge in [0.25, 0.3) is 0 Å². The summed E-state index contributed by atoms with van der Waals surface area (Å²) in [7, 11) is 0. The minimum Gasteiger partial charge on any atom is -1.00 e. The van der Waals surface area contributed by atoms with Gasteiger partial charge in [-0.15, -0.1) is 0 Å². The van der Waals surface area contributed by atoms with E-state index in [0.29, 0.717) is 15.5 Å². The van der Waals surface area contributed by atoms with Gasteiger partial charge in [-0.05, 0) is 0 Å². The molecule has 6 aromatic carbocycles. The van der Waals surface area contributed by atoms with E-state index in [2.05, 4.69) is 221 Å². The van der Waals surface area contributed by atoms with E-state index in [0.717, 1.165) is 6.42 Å². The molecule has 3 heteroatoms. The first-order chi connectivity index (χ1) is 27.7. The monoisotopic (exact) mass is 904 g/mol. The van der Waals surface area contributed by atoms with Crippen LogP contribution in [0.15, 0.2) is 152 Å². The van der Waals surface area contributed by atoms with E-state index in [1.54, 1.807) is 12.0 Å². The molecule has 0 N–H and O–H groups in total. The molecule has 0 atom stereocenters. The van der Waals surface area contributed by atoms with Crippen molar-refractivity contribution in [1.82, 2.24) is 0 Å². The van der Waals surface area contributed by atoms with Crippen molar-refractivity contribution in [2.45, 2.75) is 102 Å². The van der Waals surface area contributed by atoms with Crippen molar-refractivity contribution < 1.29 is 46.1 Å². The first kappa shape index (κ1) is 45.7. The topological polar surface area (TPSA) is 0 Å². The molecule has 0 heterocycles. The molecule has 0 aromatic heterocycles. The summed E-state index contributed by atoms with van der Waals surface area (Å²) in [6.07, 6.45) is 10.7. The SMILES string of the molecule is CC(C)c1ccc([C](c2ccc(C(C)C)cc2)=[Zr+2]([c]2c3c(cc(C(C)(C)C)c2-c2ccccc2)-c2cc(C(C)(C)C)c(-c4ccccc4)cc2C3)[CH]2C=CC=C2)cc1.[Cl-].[Cl-]. The normalized spacial score (nSPS) is 13.1. The molecule has 0 bridgehead atoms. The molecule has 0 amide bonds. The molecule has 0 unspecified atom stereocenters. The molecule has 0 fully saturated rings. The van der Waals surface area contributed by atoms with Crippen LogP contribution in [0.5, 0.6) is 0 Å². The first-order valence-electron chi connectivity index (χ1n) is 21.5. The molecule has 6 aromatic rings. The molecular weight excluding hydrogens is 847 g/mol. The third kappa shape index (κ3) is 8.89. The first-order valence-corrected chi connectivity index (χ1v) is 25.4. The van der Waals surface area contributed by atoms with Gasteiger partial charge < -0.3 is 24.8 Å². The maximum atomic E-state index is 2.62. The summed E-state index contributed by atoms with van der Waals surface area (Å²) in [5, 5.41) is 0. The van der Waals surface area contributed by atoms with E-state index in [9.17, 15) is 0 Å². The summed E-state index contributed by atoms with van der Waals surface area (Å²) >= 11 is -3.07. The summed E-state index contributed by atoms with van der Waals surface area (Å²) in [6, 6.07) is 49.7. The number of halogens is 2. The number of hydrogen-bond donors (Lipinski definition) is 0. The summed E-state index contributed by atoms with van der Waals surface area (Å²) in [6.45, 7) is 23.6. The van der Waals surface area contributed by atoms with Crippen molar-refractivity contribution in [1.29, 1.82) is 0 Å². The zero-order valence-corrected chi connectivity index (χ0v) is 41.1. The molecule has 2 aliphatic carbocycles. The predicted octanol–water partition coefficient (Wildman–Crippen LogP) is 8.87. The minimum atomic E-state index is -3.07. The maximum absolute atomic E-state index is 3.07. The fourth-order valence-electron chi connectivity index (χ4n) is 9.28. The van der Waals surface area contributed by atoms with E-state index in [-0.39, 0.29) is 35.6 Å². The molecule has 0 saturated carbocycles. The van der Waals surface area contributed by atoms with E-state index in [4.69, 9.17) is 0 Å². The Morgan fingerprint density at radius 2 is 1.00 bits per heavy atom. The van der Waals surface area contributed by atoms with Crippen LogP contribution in [-0.2, 0) is 38.5 Å². The van der Waals surface area contributed by atoms with Gasteiger partial charge in [-0.1, -0.05) is 0 Å². The van der Waals surface area contributed by atoms with Crippen LogP contribution in [-0.4, -0.2) is 3.21 Å². The zero-order chi connectivity index (χ0) is 40.9. The second kappa shape index (κ2) is 18.2. The smallest absolute Gasteiger partial charge is 1.00 e. The van der Waals surface area contributed by atoms with E-state index in [1.165, 1.54) is 72.3 Å². The minimum absolute atomic E-state index is 0. The fraction of sp³-hybridized carbons (Fsp3) is 0.281. The number of fused-ring (bicyclic) bond motifs is 3. The Balaban J connectivity index is 0.00000302. The number of rotatable bonds is 8. The van der Waals surface area contributed by atoms with Crippen LogP contribution in [0.3, 0.4) is 0 Å². The van der Waals surface area contributed by atoms with Gasteiger partial charge in [0.15, 0.2) is 0 Å². The van der Waals surface area contributed by atoms with Gasteiger partial charge in [-0.3, -0.25) is 0 Å². The van der Waals surface area contributed by atoms with Gasteiger partial charge in [-0.2, -0.15) is 0 Å². The van der Waals surface area contributed by atoms with Gasteiger partial charge in [0.1, 0.15) is 0 Å². The Kier molecular flexibility index (Phi) is 13.9. The van der Waals surface area contributed by atoms with Crippen LogP contribution in [0.2, 0.25) is 3.63 Å². The quantitative estimate of drug-likeness (QED) is 0.143. The number of allylic oxidation sites excluding steroid dienone is 4. The second-order valence-electron chi connectivity index (χ2n) is 19.3. The van der Waals surface area contributed by atoms with Gasteiger partial charge in [0, 0.05) is 0 Å². The van der Waals surface area contributed by atoms with Crippen LogP contribution in [0.1, 0.15) is 126 Å². The molecule has 306 valence electrons. The summed E-state index contributed by atoms with van der Waals surface area (Å²) < 4.78 is 3.64. The molecule has 0 saturated heterocycles. The van der Waals surface area contributed by atoms with Crippen molar-refractivity contribution in [3.8, 4) is 33.4 Å². The van der Waals surface area contributed by atoms with Crippen LogP contribution in [0, 0.1) is 0 Å². The molecule has 60 heavy (non-hydrogen) atoms. The van der Waals surface area contributed by atoms with Crippen molar-refractivity contribution in [2.24, 2.45) is 0 Å². The molecule has 8 rings (SSSR count). The Morgan fingerprint density at radius 3 is 1.47 bits per heavy atom. The Labute approximate surface area is 381 Å². The maximum Gasteiger partial charge on any atom is -1.00 e. The average Bonchev–Trinajstić information content (AvgIpc) is 3.87. The second-order valence-corrected chi connectivity index (χ2v) is 25.4. The molecular formula is C57H60Cl2Zr. The van der Waals surface area contributed by atoms with Gasteiger partial charge in [0.2, 0.25) is 0 Å². The summed E-state index contributed by atoms with van der Waals surface area (Å²) in [4.78, 5) is 0. The number of benzene rings is 6. The van der Waals surface area contributed by atoms with Crippen LogP contribution < -0.4 is 28.1 Å². The van der Waals surface area contributed by atoms with Gasteiger partial charge >= 0.3 is 359 Å². The number of hydrogen-bond acceptors (Lipinski definition) is 0. The van der Waals surface area contributed by atoms with Crippen molar-refractivity contribution >= 4 is 6.48 Å². The Bertz CT molecular complexity index is 2490. The van der Waals surface area contributed by atoms with Crippen LogP contribution >= 0.6 is 0 Å². The van der Waals surface area contributed by atoms with Gasteiger partial charge in [0.05, 0.1) is 0 Å². The van der Waals surface area contributed by atoms with Crippen molar-refractivity contribution in [3.05, 3.63) is 196 Å². The van der Waals surface area contributed by atoms with Crippen molar-refractivity contribution in [3.63, 3.8) is 0 Å². The van der Waals surface area contributed by atoms with E-state index < -0.39 is 21.3 Å². The van der Waals surface area contributed by atoms with Crippen LogP contribution in [0.4, 0.5) is 0 Å². The average molecular weight is 907 g/mol. The van der Waals surface area contributed by atoms with Crippen LogP contribution in [0.25, 0.3) is 33.4 Å². The predicted molar refractivity (Wildman–Crippen MR) is 249 cm³/mol. The van der Waals surface area contributed by atoms with E-state index >= 15 is 0 Å². The zero-order valence-electron chi connectivity index (χ0n) is 37.1. The van der Waals surface area contributed by atoms with E-state index in [1.807, 2.05) is 0 Å². The molecule has 0 aliphatic heterocycles. The molecule has 0 nitrogen and oxygen atoms in total. The third-order valence-corrected chi connectivity index (χ3v) is 20.5.